The van der Waals surface area contributed by atoms with E-state index in [-0.39, 0.29) is 6.42 Å². The average Bonchev–Trinajstić information content (AvgIpc) is 3.29. The lowest BCUT2D eigenvalue weighted by atomic mass is 9.93. The van der Waals surface area contributed by atoms with Gasteiger partial charge in [-0.1, -0.05) is 23.7 Å². The highest BCUT2D eigenvalue weighted by Gasteiger charge is 2.20. The van der Waals surface area contributed by atoms with Gasteiger partial charge in [-0.25, -0.2) is 9.97 Å². The zero-order chi connectivity index (χ0) is 22.6. The van der Waals surface area contributed by atoms with Gasteiger partial charge in [0.05, 0.1) is 33.5 Å². The first-order chi connectivity index (χ1) is 15.3. The van der Waals surface area contributed by atoms with Crippen molar-refractivity contribution in [2.24, 2.45) is 7.05 Å². The molecule has 0 aliphatic carbocycles. The summed E-state index contributed by atoms with van der Waals surface area (Å²) in [4.78, 5) is 21.3. The number of rotatable bonds is 4. The molecule has 0 saturated carbocycles. The van der Waals surface area contributed by atoms with E-state index in [9.17, 15) is 9.90 Å². The van der Waals surface area contributed by atoms with Gasteiger partial charge in [0.15, 0.2) is 0 Å². The summed E-state index contributed by atoms with van der Waals surface area (Å²) < 4.78 is 2.76. The number of aryl methyl sites for hydroxylation is 3. The number of hydrogen-bond donors (Lipinski definition) is 1. The molecule has 0 fully saturated rings. The van der Waals surface area contributed by atoms with E-state index in [4.69, 9.17) is 21.6 Å². The lowest BCUT2D eigenvalue weighted by molar-refractivity contribution is -0.136. The van der Waals surface area contributed by atoms with E-state index in [1.807, 2.05) is 68.0 Å². The van der Waals surface area contributed by atoms with Gasteiger partial charge in [-0.3, -0.25) is 9.48 Å². The highest BCUT2D eigenvalue weighted by Crippen LogP contribution is 2.41. The van der Waals surface area contributed by atoms with Crippen LogP contribution in [0.25, 0.3) is 43.1 Å². The minimum absolute atomic E-state index is 0.0634. The first-order valence-corrected chi connectivity index (χ1v) is 11.2. The topological polar surface area (TPSA) is 80.9 Å². The largest absolute Gasteiger partial charge is 0.481 e. The molecule has 2 aromatic carbocycles. The van der Waals surface area contributed by atoms with Gasteiger partial charge in [-0.2, -0.15) is 5.10 Å². The van der Waals surface area contributed by atoms with E-state index in [0.717, 1.165) is 59.9 Å². The third kappa shape index (κ3) is 3.43. The number of nitrogens with zero attached hydrogens (tertiary/aromatic N) is 4. The van der Waals surface area contributed by atoms with Gasteiger partial charge in [0.2, 0.25) is 0 Å². The lowest BCUT2D eigenvalue weighted by Crippen LogP contribution is -2.04. The molecule has 0 saturated heterocycles. The first kappa shape index (κ1) is 20.6. The number of carboxylic acid groups (broad SMARTS) is 1. The van der Waals surface area contributed by atoms with Gasteiger partial charge in [0, 0.05) is 17.6 Å². The van der Waals surface area contributed by atoms with Crippen LogP contribution in [0.4, 0.5) is 0 Å². The van der Waals surface area contributed by atoms with Gasteiger partial charge in [0.25, 0.3) is 0 Å². The molecule has 5 aromatic rings. The summed E-state index contributed by atoms with van der Waals surface area (Å²) in [5, 5.41) is 15.4. The minimum Gasteiger partial charge on any atom is -0.481 e. The third-order valence-corrected chi connectivity index (χ3v) is 6.92. The quantitative estimate of drug-likeness (QED) is 0.364. The number of pyridine rings is 1. The van der Waals surface area contributed by atoms with Crippen molar-refractivity contribution in [1.29, 1.82) is 0 Å². The molecule has 1 N–H and O–H groups in total. The standard InChI is InChI=1S/C24H19ClN4O2S/c1-12-10-18-23(21(16(12)11-20(30)31)14-4-6-15(25)7-5-14)32-24(27-18)17-8-9-19-22(26-17)13(2)28-29(19)3/h4-10H,11H2,1-3H3,(H,30,31). The zero-order valence-electron chi connectivity index (χ0n) is 17.7. The van der Waals surface area contributed by atoms with Crippen LogP contribution in [0.15, 0.2) is 42.5 Å². The third-order valence-electron chi connectivity index (χ3n) is 5.56. The number of thiazole rings is 1. The maximum Gasteiger partial charge on any atom is 0.307 e. The van der Waals surface area contributed by atoms with Crippen molar-refractivity contribution in [2.45, 2.75) is 20.3 Å². The van der Waals surface area contributed by atoms with Crippen molar-refractivity contribution in [3.05, 3.63) is 64.3 Å². The van der Waals surface area contributed by atoms with Crippen LogP contribution in [0, 0.1) is 13.8 Å². The Morgan fingerprint density at radius 1 is 1.12 bits per heavy atom. The van der Waals surface area contributed by atoms with Gasteiger partial charge >= 0.3 is 5.97 Å². The monoisotopic (exact) mass is 462 g/mol. The molecule has 3 aromatic heterocycles. The van der Waals surface area contributed by atoms with E-state index in [2.05, 4.69) is 5.10 Å². The van der Waals surface area contributed by atoms with Crippen LogP contribution in [-0.4, -0.2) is 30.8 Å². The molecule has 0 spiro atoms. The first-order valence-electron chi connectivity index (χ1n) is 10.0. The van der Waals surface area contributed by atoms with Crippen molar-refractivity contribution in [1.82, 2.24) is 19.7 Å². The Morgan fingerprint density at radius 2 is 1.88 bits per heavy atom. The molecule has 0 bridgehead atoms. The summed E-state index contributed by atoms with van der Waals surface area (Å²) in [7, 11) is 1.90. The van der Waals surface area contributed by atoms with Crippen molar-refractivity contribution >= 4 is 50.2 Å². The van der Waals surface area contributed by atoms with Crippen LogP contribution >= 0.6 is 22.9 Å². The molecule has 5 rings (SSSR count). The van der Waals surface area contributed by atoms with Gasteiger partial charge < -0.3 is 5.11 Å². The summed E-state index contributed by atoms with van der Waals surface area (Å²) in [6, 6.07) is 13.4. The normalized spacial score (nSPS) is 11.5. The van der Waals surface area contributed by atoms with Crippen LogP contribution in [0.5, 0.6) is 0 Å². The Labute approximate surface area is 193 Å². The van der Waals surface area contributed by atoms with E-state index in [1.165, 1.54) is 11.3 Å². The Hall–Kier alpha value is -3.29. The summed E-state index contributed by atoms with van der Waals surface area (Å²) >= 11 is 7.62. The van der Waals surface area contributed by atoms with Crippen LogP contribution in [-0.2, 0) is 18.3 Å². The van der Waals surface area contributed by atoms with Crippen molar-refractivity contribution in [2.75, 3.05) is 0 Å². The fourth-order valence-electron chi connectivity index (χ4n) is 4.07. The van der Waals surface area contributed by atoms with Crippen molar-refractivity contribution < 1.29 is 9.90 Å². The molecule has 0 aliphatic rings. The molecule has 6 nitrogen and oxygen atoms in total. The SMILES string of the molecule is Cc1cc2nc(-c3ccc4c(n3)c(C)nn4C)sc2c(-c2ccc(Cl)cc2)c1CC(=O)O. The van der Waals surface area contributed by atoms with E-state index in [0.29, 0.717) is 5.02 Å². The lowest BCUT2D eigenvalue weighted by Gasteiger charge is -2.13. The zero-order valence-corrected chi connectivity index (χ0v) is 19.3. The summed E-state index contributed by atoms with van der Waals surface area (Å²) in [6.45, 7) is 3.87. The highest BCUT2D eigenvalue weighted by atomic mass is 35.5. The summed E-state index contributed by atoms with van der Waals surface area (Å²) in [6.07, 6.45) is -0.0634. The molecule has 0 amide bonds. The summed E-state index contributed by atoms with van der Waals surface area (Å²) in [5.41, 5.74) is 7.77. The van der Waals surface area contributed by atoms with Crippen LogP contribution in [0.2, 0.25) is 5.02 Å². The van der Waals surface area contributed by atoms with Crippen molar-refractivity contribution in [3.63, 3.8) is 0 Å². The number of hydrogen-bond acceptors (Lipinski definition) is 5. The Morgan fingerprint density at radius 3 is 2.59 bits per heavy atom. The number of aromatic nitrogens is 4. The number of fused-ring (bicyclic) bond motifs is 2. The fourth-order valence-corrected chi connectivity index (χ4v) is 5.30. The molecule has 3 heterocycles. The van der Waals surface area contributed by atoms with Gasteiger partial charge in [-0.15, -0.1) is 11.3 Å². The molecule has 0 aliphatic heterocycles. The van der Waals surface area contributed by atoms with Gasteiger partial charge in [0.1, 0.15) is 10.5 Å². The van der Waals surface area contributed by atoms with Crippen LogP contribution < -0.4 is 0 Å². The summed E-state index contributed by atoms with van der Waals surface area (Å²) in [5.74, 6) is -0.869. The second kappa shape index (κ2) is 7.69. The smallest absolute Gasteiger partial charge is 0.307 e. The molecule has 32 heavy (non-hydrogen) atoms. The predicted molar refractivity (Wildman–Crippen MR) is 128 cm³/mol. The van der Waals surface area contributed by atoms with E-state index >= 15 is 0 Å². The van der Waals surface area contributed by atoms with E-state index < -0.39 is 5.97 Å². The number of halogens is 1. The van der Waals surface area contributed by atoms with Crippen LogP contribution in [0.3, 0.4) is 0 Å². The maximum absolute atomic E-state index is 11.6. The molecule has 0 unspecified atom stereocenters. The number of aliphatic carboxylic acids is 1. The highest BCUT2D eigenvalue weighted by molar-refractivity contribution is 7.22. The Balaban J connectivity index is 1.76. The fraction of sp³-hybridized carbons (Fsp3) is 0.167. The van der Waals surface area contributed by atoms with Crippen LogP contribution in [0.1, 0.15) is 16.8 Å². The minimum atomic E-state index is -0.869. The number of carbonyl (C=O) groups is 1. The molecule has 0 radical (unpaired) electrons. The maximum atomic E-state index is 11.6. The number of benzene rings is 2. The molecule has 0 atom stereocenters. The second-order valence-electron chi connectivity index (χ2n) is 7.76. The van der Waals surface area contributed by atoms with Crippen molar-refractivity contribution in [3.8, 4) is 21.8 Å². The molecule has 160 valence electrons. The molecular weight excluding hydrogens is 444 g/mol. The molecular formula is C24H19ClN4O2S. The molecule has 8 heteroatoms. The number of carboxylic acids is 1. The second-order valence-corrected chi connectivity index (χ2v) is 9.20. The van der Waals surface area contributed by atoms with E-state index in [1.54, 1.807) is 0 Å². The Kier molecular flexibility index (Phi) is 4.95. The van der Waals surface area contributed by atoms with Gasteiger partial charge in [-0.05, 0) is 60.9 Å². The average molecular weight is 463 g/mol. The Bertz CT molecular complexity index is 1520. The predicted octanol–water partition coefficient (Wildman–Crippen LogP) is 5.81.